The number of carbonyl (C=O) groups is 1. The fourth-order valence-corrected chi connectivity index (χ4v) is 1.81. The lowest BCUT2D eigenvalue weighted by molar-refractivity contribution is 0.0601. The maximum atomic E-state index is 11.5. The van der Waals surface area contributed by atoms with Crippen LogP contribution in [0.1, 0.15) is 10.4 Å². The van der Waals surface area contributed by atoms with E-state index in [-0.39, 0.29) is 5.97 Å². The second-order valence-electron chi connectivity index (χ2n) is 4.36. The van der Waals surface area contributed by atoms with Gasteiger partial charge in [-0.25, -0.2) is 9.78 Å². The summed E-state index contributed by atoms with van der Waals surface area (Å²) in [6.07, 6.45) is 1.73. The fourth-order valence-electron chi connectivity index (χ4n) is 1.81. The van der Waals surface area contributed by atoms with E-state index in [9.17, 15) is 4.79 Å². The minimum Gasteiger partial charge on any atom is -0.465 e. The highest BCUT2D eigenvalue weighted by atomic mass is 16.5. The lowest BCUT2D eigenvalue weighted by atomic mass is 10.1. The van der Waals surface area contributed by atoms with Crippen LogP contribution in [0.5, 0.6) is 0 Å². The number of esters is 1. The van der Waals surface area contributed by atoms with E-state index >= 15 is 0 Å². The van der Waals surface area contributed by atoms with Crippen molar-refractivity contribution >= 4 is 23.2 Å². The zero-order chi connectivity index (χ0) is 15.1. The lowest BCUT2D eigenvalue weighted by Gasteiger charge is -2.11. The summed E-state index contributed by atoms with van der Waals surface area (Å²) in [6.45, 7) is 1.32. The molecule has 0 amide bonds. The highest BCUT2D eigenvalue weighted by Gasteiger charge is 2.07. The van der Waals surface area contributed by atoms with Gasteiger partial charge in [0.15, 0.2) is 0 Å². The molecule has 2 aromatic rings. The molecule has 6 heteroatoms. The highest BCUT2D eigenvalue weighted by molar-refractivity contribution is 5.91. The molecule has 0 aliphatic heterocycles. The number of pyridine rings is 1. The van der Waals surface area contributed by atoms with Crippen LogP contribution in [0.4, 0.5) is 17.2 Å². The average Bonchev–Trinajstić information content (AvgIpc) is 2.53. The van der Waals surface area contributed by atoms with Crippen molar-refractivity contribution in [3.63, 3.8) is 0 Å². The van der Waals surface area contributed by atoms with Crippen LogP contribution in [-0.4, -0.2) is 31.2 Å². The fraction of sp³-hybridized carbons (Fsp3) is 0.200. The number of carbonyl (C=O) groups excluding carboxylic acids is 1. The number of nitrogens with zero attached hydrogens (tertiary/aromatic N) is 1. The summed E-state index contributed by atoms with van der Waals surface area (Å²) >= 11 is 0. The molecule has 0 radical (unpaired) electrons. The van der Waals surface area contributed by atoms with Crippen molar-refractivity contribution < 1.29 is 9.53 Å². The summed E-state index contributed by atoms with van der Waals surface area (Å²) in [5, 5.41) is 6.36. The van der Waals surface area contributed by atoms with Crippen molar-refractivity contribution in [2.45, 2.75) is 0 Å². The third-order valence-corrected chi connectivity index (χ3v) is 2.89. The van der Waals surface area contributed by atoms with E-state index in [0.29, 0.717) is 30.0 Å². The minimum atomic E-state index is -0.385. The number of nitrogens with two attached hydrogens (primary N) is 1. The van der Waals surface area contributed by atoms with Crippen molar-refractivity contribution in [3.05, 3.63) is 48.2 Å². The first-order valence-corrected chi connectivity index (χ1v) is 6.57. The molecule has 0 aliphatic carbocycles. The van der Waals surface area contributed by atoms with Crippen LogP contribution in [-0.2, 0) is 4.74 Å². The van der Waals surface area contributed by atoms with Gasteiger partial charge in [0.05, 0.1) is 24.0 Å². The maximum Gasteiger partial charge on any atom is 0.337 e. The Hall–Kier alpha value is -2.76. The number of methoxy groups -OCH3 is 1. The van der Waals surface area contributed by atoms with E-state index in [2.05, 4.69) is 20.4 Å². The molecule has 0 saturated carbocycles. The Morgan fingerprint density at radius 1 is 1.24 bits per heavy atom. The van der Waals surface area contributed by atoms with Gasteiger partial charge in [0.2, 0.25) is 0 Å². The van der Waals surface area contributed by atoms with E-state index < -0.39 is 0 Å². The SMILES string of the molecule is COC(=O)c1ccc(N)c(NCCNc2ccccn2)c1. The minimum absolute atomic E-state index is 0.385. The monoisotopic (exact) mass is 286 g/mol. The molecule has 0 spiro atoms. The Kier molecular flexibility index (Phi) is 4.98. The van der Waals surface area contributed by atoms with Gasteiger partial charge in [0, 0.05) is 19.3 Å². The number of anilines is 3. The van der Waals surface area contributed by atoms with Gasteiger partial charge in [-0.2, -0.15) is 0 Å². The van der Waals surface area contributed by atoms with Gasteiger partial charge in [-0.1, -0.05) is 6.07 Å². The highest BCUT2D eigenvalue weighted by Crippen LogP contribution is 2.20. The van der Waals surface area contributed by atoms with Gasteiger partial charge < -0.3 is 21.1 Å². The normalized spacial score (nSPS) is 9.95. The van der Waals surface area contributed by atoms with Gasteiger partial charge >= 0.3 is 5.97 Å². The maximum absolute atomic E-state index is 11.5. The second kappa shape index (κ2) is 7.14. The zero-order valence-electron chi connectivity index (χ0n) is 11.8. The van der Waals surface area contributed by atoms with Crippen LogP contribution < -0.4 is 16.4 Å². The van der Waals surface area contributed by atoms with Crippen molar-refractivity contribution in [2.24, 2.45) is 0 Å². The summed E-state index contributed by atoms with van der Waals surface area (Å²) < 4.78 is 4.69. The summed E-state index contributed by atoms with van der Waals surface area (Å²) in [7, 11) is 1.35. The Labute approximate surface area is 123 Å². The molecule has 0 aliphatic rings. The third-order valence-electron chi connectivity index (χ3n) is 2.89. The van der Waals surface area contributed by atoms with Crippen molar-refractivity contribution in [3.8, 4) is 0 Å². The number of hydrogen-bond acceptors (Lipinski definition) is 6. The van der Waals surface area contributed by atoms with Crippen LogP contribution in [0, 0.1) is 0 Å². The summed E-state index contributed by atoms with van der Waals surface area (Å²) in [4.78, 5) is 15.6. The number of rotatable bonds is 6. The number of nitrogen functional groups attached to an aromatic ring is 1. The van der Waals surface area contributed by atoms with Crippen molar-refractivity contribution in [1.82, 2.24) is 4.98 Å². The quantitative estimate of drug-likeness (QED) is 0.427. The molecular formula is C15H18N4O2. The molecule has 1 heterocycles. The first-order chi connectivity index (χ1) is 10.2. The van der Waals surface area contributed by atoms with Gasteiger partial charge in [-0.3, -0.25) is 0 Å². The van der Waals surface area contributed by atoms with Crippen LogP contribution in [0.25, 0.3) is 0 Å². The number of benzene rings is 1. The van der Waals surface area contributed by atoms with Crippen LogP contribution in [0.3, 0.4) is 0 Å². The van der Waals surface area contributed by atoms with Crippen LogP contribution >= 0.6 is 0 Å². The van der Waals surface area contributed by atoms with Crippen molar-refractivity contribution in [1.29, 1.82) is 0 Å². The van der Waals surface area contributed by atoms with E-state index in [4.69, 9.17) is 5.73 Å². The summed E-state index contributed by atoms with van der Waals surface area (Å²) in [6, 6.07) is 10.7. The van der Waals surface area contributed by atoms with E-state index in [1.807, 2.05) is 18.2 Å². The predicted molar refractivity (Wildman–Crippen MR) is 83.4 cm³/mol. The molecular weight excluding hydrogens is 268 g/mol. The molecule has 0 bridgehead atoms. The third kappa shape index (κ3) is 4.10. The van der Waals surface area contributed by atoms with E-state index in [0.717, 1.165) is 5.82 Å². The molecule has 110 valence electrons. The molecule has 0 unspecified atom stereocenters. The number of hydrogen-bond donors (Lipinski definition) is 3. The van der Waals surface area contributed by atoms with Gasteiger partial charge in [0.1, 0.15) is 5.82 Å². The number of aromatic nitrogens is 1. The van der Waals surface area contributed by atoms with E-state index in [1.165, 1.54) is 7.11 Å². The Bertz CT molecular complexity index is 602. The first-order valence-electron chi connectivity index (χ1n) is 6.57. The average molecular weight is 286 g/mol. The van der Waals surface area contributed by atoms with Gasteiger partial charge in [-0.05, 0) is 30.3 Å². The zero-order valence-corrected chi connectivity index (χ0v) is 11.8. The topological polar surface area (TPSA) is 89.3 Å². The Morgan fingerprint density at radius 3 is 2.76 bits per heavy atom. The standard InChI is InChI=1S/C15H18N4O2/c1-21-15(20)11-5-6-12(16)13(10-11)17-8-9-19-14-4-2-3-7-18-14/h2-7,10,17H,8-9,16H2,1H3,(H,18,19). The van der Waals surface area contributed by atoms with Gasteiger partial charge in [0.25, 0.3) is 0 Å². The number of nitrogens with one attached hydrogen (secondary N) is 2. The molecule has 1 aromatic carbocycles. The first kappa shape index (κ1) is 14.6. The van der Waals surface area contributed by atoms with Crippen LogP contribution in [0.15, 0.2) is 42.6 Å². The predicted octanol–water partition coefficient (Wildman–Crippen LogP) is 1.97. The molecule has 0 saturated heterocycles. The van der Waals surface area contributed by atoms with Crippen LogP contribution in [0.2, 0.25) is 0 Å². The molecule has 21 heavy (non-hydrogen) atoms. The largest absolute Gasteiger partial charge is 0.465 e. The van der Waals surface area contributed by atoms with Gasteiger partial charge in [-0.15, -0.1) is 0 Å². The second-order valence-corrected chi connectivity index (χ2v) is 4.36. The smallest absolute Gasteiger partial charge is 0.337 e. The lowest BCUT2D eigenvalue weighted by Crippen LogP contribution is -2.15. The van der Waals surface area contributed by atoms with E-state index in [1.54, 1.807) is 24.4 Å². The molecule has 1 aromatic heterocycles. The molecule has 0 atom stereocenters. The summed E-state index contributed by atoms with van der Waals surface area (Å²) in [5.74, 6) is 0.431. The Balaban J connectivity index is 1.89. The Morgan fingerprint density at radius 2 is 2.05 bits per heavy atom. The molecule has 4 N–H and O–H groups in total. The molecule has 0 fully saturated rings. The molecule has 6 nitrogen and oxygen atoms in total. The number of ether oxygens (including phenoxy) is 1. The molecule has 2 rings (SSSR count). The summed E-state index contributed by atoms with van der Waals surface area (Å²) in [5.41, 5.74) is 7.63. The van der Waals surface area contributed by atoms with Crippen molar-refractivity contribution in [2.75, 3.05) is 36.6 Å².